The quantitative estimate of drug-likeness (QED) is 0.459. The van der Waals surface area contributed by atoms with E-state index in [1.54, 1.807) is 24.3 Å². The van der Waals surface area contributed by atoms with E-state index < -0.39 is 0 Å². The Morgan fingerprint density at radius 3 is 2.59 bits per heavy atom. The van der Waals surface area contributed by atoms with Crippen LogP contribution in [0.2, 0.25) is 10.0 Å². The van der Waals surface area contributed by atoms with Gasteiger partial charge in [-0.05, 0) is 49.7 Å². The fourth-order valence-corrected chi connectivity index (χ4v) is 3.65. The lowest BCUT2D eigenvalue weighted by Crippen LogP contribution is -2.14. The third kappa shape index (κ3) is 3.97. The molecule has 0 saturated carbocycles. The maximum Gasteiger partial charge on any atom is 0.257 e. The zero-order chi connectivity index (χ0) is 20.5. The van der Waals surface area contributed by atoms with E-state index in [0.717, 1.165) is 17.0 Å². The predicted octanol–water partition coefficient (Wildman–Crippen LogP) is 5.66. The van der Waals surface area contributed by atoms with Crippen LogP contribution in [-0.2, 0) is 6.54 Å². The summed E-state index contributed by atoms with van der Waals surface area (Å²) >= 11 is 12.2. The molecule has 1 N–H and O–H groups in total. The first-order chi connectivity index (χ1) is 13.9. The van der Waals surface area contributed by atoms with Crippen LogP contribution in [-0.4, -0.2) is 20.4 Å². The van der Waals surface area contributed by atoms with Crippen LogP contribution in [0.25, 0.3) is 11.2 Å². The van der Waals surface area contributed by atoms with Crippen molar-refractivity contribution in [2.75, 3.05) is 5.32 Å². The number of anilines is 1. The Hall–Kier alpha value is -2.89. The Labute approximate surface area is 178 Å². The van der Waals surface area contributed by atoms with Crippen LogP contribution in [0.3, 0.4) is 0 Å². The smallest absolute Gasteiger partial charge is 0.257 e. The SMILES string of the molecule is Cc1nc2c(cc1NC(=O)c1ccccc1Cl)nc(C)n2Cc1cccc(Cl)c1. The lowest BCUT2D eigenvalue weighted by atomic mass is 10.2. The molecule has 0 unspecified atom stereocenters. The van der Waals surface area contributed by atoms with Crippen LogP contribution >= 0.6 is 23.2 Å². The second-order valence-electron chi connectivity index (χ2n) is 6.77. The summed E-state index contributed by atoms with van der Waals surface area (Å²) in [6.45, 7) is 4.40. The predicted molar refractivity (Wildman–Crippen MR) is 117 cm³/mol. The van der Waals surface area contributed by atoms with Crippen LogP contribution in [0.5, 0.6) is 0 Å². The number of imidazole rings is 1. The standard InChI is InChI=1S/C22H18Cl2N4O/c1-13-19(27-22(29)17-8-3-4-9-18(17)24)11-20-21(25-13)28(14(2)26-20)12-15-6-5-7-16(23)10-15/h3-11H,12H2,1-2H3,(H,27,29). The Bertz CT molecular complexity index is 1230. The number of carbonyl (C=O) groups is 1. The van der Waals surface area contributed by atoms with E-state index in [2.05, 4.69) is 10.3 Å². The topological polar surface area (TPSA) is 59.8 Å². The Balaban J connectivity index is 1.68. The number of aryl methyl sites for hydroxylation is 2. The van der Waals surface area contributed by atoms with Gasteiger partial charge in [-0.1, -0.05) is 47.5 Å². The molecule has 146 valence electrons. The van der Waals surface area contributed by atoms with Gasteiger partial charge in [0.15, 0.2) is 5.65 Å². The van der Waals surface area contributed by atoms with Gasteiger partial charge < -0.3 is 9.88 Å². The number of hydrogen-bond donors (Lipinski definition) is 1. The molecular formula is C22H18Cl2N4O. The summed E-state index contributed by atoms with van der Waals surface area (Å²) in [7, 11) is 0. The Morgan fingerprint density at radius 2 is 1.83 bits per heavy atom. The molecule has 0 atom stereocenters. The number of halogens is 2. The number of hydrogen-bond acceptors (Lipinski definition) is 3. The fourth-order valence-electron chi connectivity index (χ4n) is 3.22. The number of rotatable bonds is 4. The van der Waals surface area contributed by atoms with Crippen LogP contribution in [0.15, 0.2) is 54.6 Å². The molecule has 0 spiro atoms. The second kappa shape index (κ2) is 7.85. The fraction of sp³-hybridized carbons (Fsp3) is 0.136. The van der Waals surface area contributed by atoms with Crippen LogP contribution in [0.1, 0.15) is 27.4 Å². The monoisotopic (exact) mass is 424 g/mol. The molecule has 4 aromatic rings. The summed E-state index contributed by atoms with van der Waals surface area (Å²) < 4.78 is 2.04. The number of benzene rings is 2. The lowest BCUT2D eigenvalue weighted by Gasteiger charge is -2.10. The average Bonchev–Trinajstić information content (AvgIpc) is 2.97. The maximum atomic E-state index is 12.6. The molecule has 29 heavy (non-hydrogen) atoms. The van der Waals surface area contributed by atoms with Gasteiger partial charge in [0.25, 0.3) is 5.91 Å². The molecule has 0 radical (unpaired) electrons. The van der Waals surface area contributed by atoms with Crippen LogP contribution in [0.4, 0.5) is 5.69 Å². The minimum Gasteiger partial charge on any atom is -0.320 e. The number of carbonyl (C=O) groups excluding carboxylic acids is 1. The first-order valence-corrected chi connectivity index (χ1v) is 9.83. The van der Waals surface area contributed by atoms with E-state index in [4.69, 9.17) is 28.2 Å². The highest BCUT2D eigenvalue weighted by atomic mass is 35.5. The molecule has 0 fully saturated rings. The highest BCUT2D eigenvalue weighted by Gasteiger charge is 2.16. The van der Waals surface area contributed by atoms with Crippen molar-refractivity contribution < 1.29 is 4.79 Å². The van der Waals surface area contributed by atoms with Gasteiger partial charge in [0.2, 0.25) is 0 Å². The summed E-state index contributed by atoms with van der Waals surface area (Å²) in [5, 5.41) is 3.99. The molecule has 2 aromatic carbocycles. The van der Waals surface area contributed by atoms with E-state index >= 15 is 0 Å². The van der Waals surface area contributed by atoms with Crippen molar-refractivity contribution in [2.45, 2.75) is 20.4 Å². The molecule has 5 nitrogen and oxygen atoms in total. The number of fused-ring (bicyclic) bond motifs is 1. The molecule has 0 saturated heterocycles. The van der Waals surface area contributed by atoms with Crippen LogP contribution < -0.4 is 5.32 Å². The Kier molecular flexibility index (Phi) is 5.26. The molecule has 2 aromatic heterocycles. The molecule has 0 aliphatic heterocycles. The normalized spacial score (nSPS) is 11.0. The van der Waals surface area contributed by atoms with Crippen molar-refractivity contribution in [2.24, 2.45) is 0 Å². The first kappa shape index (κ1) is 19.4. The lowest BCUT2D eigenvalue weighted by molar-refractivity contribution is 0.102. The van der Waals surface area contributed by atoms with Crippen molar-refractivity contribution in [3.63, 3.8) is 0 Å². The minimum atomic E-state index is -0.282. The first-order valence-electron chi connectivity index (χ1n) is 9.07. The highest BCUT2D eigenvalue weighted by Crippen LogP contribution is 2.24. The summed E-state index contributed by atoms with van der Waals surface area (Å²) in [5.41, 5.74) is 4.26. The second-order valence-corrected chi connectivity index (χ2v) is 7.62. The van der Waals surface area contributed by atoms with E-state index in [-0.39, 0.29) is 5.91 Å². The van der Waals surface area contributed by atoms with Crippen molar-refractivity contribution in [3.8, 4) is 0 Å². The number of nitrogens with zero attached hydrogens (tertiary/aromatic N) is 3. The van der Waals surface area contributed by atoms with Crippen molar-refractivity contribution in [1.29, 1.82) is 0 Å². The minimum absolute atomic E-state index is 0.282. The van der Waals surface area contributed by atoms with E-state index in [9.17, 15) is 4.79 Å². The zero-order valence-electron chi connectivity index (χ0n) is 15.9. The van der Waals surface area contributed by atoms with Gasteiger partial charge in [-0.3, -0.25) is 4.79 Å². The van der Waals surface area contributed by atoms with Crippen molar-refractivity contribution >= 4 is 46.0 Å². The third-order valence-corrected chi connectivity index (χ3v) is 5.26. The molecular weight excluding hydrogens is 407 g/mol. The number of aromatic nitrogens is 3. The molecule has 0 aliphatic carbocycles. The van der Waals surface area contributed by atoms with Gasteiger partial charge in [-0.25, -0.2) is 9.97 Å². The van der Waals surface area contributed by atoms with E-state index in [1.165, 1.54) is 0 Å². The average molecular weight is 425 g/mol. The Morgan fingerprint density at radius 1 is 1.03 bits per heavy atom. The summed E-state index contributed by atoms with van der Waals surface area (Å²) in [5.74, 6) is 0.552. The number of pyridine rings is 1. The molecule has 4 rings (SSSR count). The zero-order valence-corrected chi connectivity index (χ0v) is 17.4. The molecule has 7 heteroatoms. The number of amides is 1. The number of nitrogens with one attached hydrogen (secondary N) is 1. The van der Waals surface area contributed by atoms with Crippen LogP contribution in [0, 0.1) is 13.8 Å². The van der Waals surface area contributed by atoms with Gasteiger partial charge in [-0.15, -0.1) is 0 Å². The summed E-state index contributed by atoms with van der Waals surface area (Å²) in [6.07, 6.45) is 0. The van der Waals surface area contributed by atoms with Gasteiger partial charge in [-0.2, -0.15) is 0 Å². The van der Waals surface area contributed by atoms with Crippen molar-refractivity contribution in [3.05, 3.63) is 87.3 Å². The van der Waals surface area contributed by atoms with E-state index in [1.807, 2.05) is 48.7 Å². The summed E-state index contributed by atoms with van der Waals surface area (Å²) in [6, 6.07) is 16.5. The van der Waals surface area contributed by atoms with Gasteiger partial charge in [0, 0.05) is 5.02 Å². The molecule has 1 amide bonds. The van der Waals surface area contributed by atoms with Gasteiger partial charge in [0.05, 0.1) is 28.5 Å². The van der Waals surface area contributed by atoms with E-state index in [0.29, 0.717) is 39.1 Å². The summed E-state index contributed by atoms with van der Waals surface area (Å²) in [4.78, 5) is 21.9. The largest absolute Gasteiger partial charge is 0.320 e. The third-order valence-electron chi connectivity index (χ3n) is 4.70. The van der Waals surface area contributed by atoms with Gasteiger partial charge in [0.1, 0.15) is 11.3 Å². The molecule has 0 bridgehead atoms. The maximum absolute atomic E-state index is 12.6. The highest BCUT2D eigenvalue weighted by molar-refractivity contribution is 6.34. The van der Waals surface area contributed by atoms with Gasteiger partial charge >= 0.3 is 0 Å². The molecule has 2 heterocycles. The van der Waals surface area contributed by atoms with Crippen molar-refractivity contribution in [1.82, 2.24) is 14.5 Å². The molecule has 0 aliphatic rings.